The molecule has 0 aliphatic rings. The van der Waals surface area contributed by atoms with Crippen molar-refractivity contribution in [3.8, 4) is 11.3 Å². The first-order valence-electron chi connectivity index (χ1n) is 8.23. The first-order valence-corrected chi connectivity index (χ1v) is 8.23. The van der Waals surface area contributed by atoms with Gasteiger partial charge in [-0.1, -0.05) is 42.5 Å². The second-order valence-corrected chi connectivity index (χ2v) is 6.08. The highest BCUT2D eigenvalue weighted by Crippen LogP contribution is 2.37. The first-order chi connectivity index (χ1) is 13.7. The van der Waals surface area contributed by atoms with Crippen molar-refractivity contribution in [1.82, 2.24) is 4.57 Å². The summed E-state index contributed by atoms with van der Waals surface area (Å²) < 4.78 is 41.4. The second kappa shape index (κ2) is 7.59. The summed E-state index contributed by atoms with van der Waals surface area (Å²) in [5.74, 6) is 0. The molecule has 9 heteroatoms. The smallest absolute Gasteiger partial charge is 0.313 e. The summed E-state index contributed by atoms with van der Waals surface area (Å²) in [5.41, 5.74) is -2.71. The van der Waals surface area contributed by atoms with Crippen LogP contribution in [0.2, 0.25) is 0 Å². The number of alkyl halides is 3. The minimum absolute atomic E-state index is 0.00585. The molecule has 0 N–H and O–H groups in total. The number of hydrogen-bond donors (Lipinski definition) is 0. The normalized spacial score (nSPS) is 11.1. The van der Waals surface area contributed by atoms with Crippen LogP contribution in [0.4, 0.5) is 24.5 Å². The van der Waals surface area contributed by atoms with Gasteiger partial charge in [-0.25, -0.2) is 4.85 Å². The Labute approximate surface area is 162 Å². The van der Waals surface area contributed by atoms with Crippen LogP contribution in [-0.4, -0.2) is 9.49 Å². The fourth-order valence-corrected chi connectivity index (χ4v) is 2.87. The maximum Gasteiger partial charge on any atom is 0.407 e. The molecule has 1 heterocycles. The molecule has 2 aromatic carbocycles. The SMILES string of the molecule is [C-]#[N+]c1c(C(F)(F)F)cc(-c2ccccc2)n(Cc2ccc([N+](=O)[O-])cc2)c1=O. The lowest BCUT2D eigenvalue weighted by Gasteiger charge is -2.18. The number of pyridine rings is 1. The van der Waals surface area contributed by atoms with E-state index in [9.17, 15) is 28.1 Å². The minimum atomic E-state index is -4.87. The molecule has 0 saturated heterocycles. The Hall–Kier alpha value is -3.93. The quantitative estimate of drug-likeness (QED) is 0.351. The van der Waals surface area contributed by atoms with E-state index in [2.05, 4.69) is 4.85 Å². The predicted molar refractivity (Wildman–Crippen MR) is 99.6 cm³/mol. The number of nitro benzene ring substituents is 1. The van der Waals surface area contributed by atoms with Gasteiger partial charge in [-0.05, 0) is 17.2 Å². The second-order valence-electron chi connectivity index (χ2n) is 6.08. The van der Waals surface area contributed by atoms with Gasteiger partial charge in [-0.3, -0.25) is 14.9 Å². The van der Waals surface area contributed by atoms with Crippen LogP contribution in [0.3, 0.4) is 0 Å². The molecule has 0 unspecified atom stereocenters. The van der Waals surface area contributed by atoms with Crippen LogP contribution in [0.25, 0.3) is 16.1 Å². The molecule has 146 valence electrons. The molecule has 0 amide bonds. The molecule has 0 fully saturated rings. The molecule has 0 radical (unpaired) electrons. The number of benzene rings is 2. The van der Waals surface area contributed by atoms with Crippen LogP contribution in [-0.2, 0) is 12.7 Å². The maximum atomic E-state index is 13.4. The molecule has 0 aliphatic carbocycles. The predicted octanol–water partition coefficient (Wildman–Crippen LogP) is 5.04. The molecule has 29 heavy (non-hydrogen) atoms. The van der Waals surface area contributed by atoms with E-state index in [-0.39, 0.29) is 17.9 Å². The number of rotatable bonds is 4. The lowest BCUT2D eigenvalue weighted by molar-refractivity contribution is -0.384. The Balaban J connectivity index is 2.23. The van der Waals surface area contributed by atoms with E-state index in [1.807, 2.05) is 0 Å². The van der Waals surface area contributed by atoms with E-state index < -0.39 is 27.9 Å². The average Bonchev–Trinajstić information content (AvgIpc) is 2.69. The van der Waals surface area contributed by atoms with Gasteiger partial charge >= 0.3 is 6.18 Å². The maximum absolute atomic E-state index is 13.4. The van der Waals surface area contributed by atoms with Gasteiger partial charge in [0.25, 0.3) is 16.9 Å². The summed E-state index contributed by atoms with van der Waals surface area (Å²) in [6, 6.07) is 14.1. The highest BCUT2D eigenvalue weighted by Gasteiger charge is 2.36. The van der Waals surface area contributed by atoms with Crippen LogP contribution in [0.5, 0.6) is 0 Å². The van der Waals surface area contributed by atoms with Crippen molar-refractivity contribution in [2.75, 3.05) is 0 Å². The molecule has 0 bridgehead atoms. The largest absolute Gasteiger partial charge is 0.407 e. The third-order valence-electron chi connectivity index (χ3n) is 4.25. The van der Waals surface area contributed by atoms with Crippen LogP contribution in [0, 0.1) is 16.7 Å². The molecule has 3 rings (SSSR count). The highest BCUT2D eigenvalue weighted by molar-refractivity contribution is 5.66. The van der Waals surface area contributed by atoms with Crippen molar-refractivity contribution in [3.63, 3.8) is 0 Å². The van der Waals surface area contributed by atoms with Gasteiger partial charge < -0.3 is 4.57 Å². The van der Waals surface area contributed by atoms with Crippen molar-refractivity contribution in [2.45, 2.75) is 12.7 Å². The van der Waals surface area contributed by atoms with Gasteiger partial charge in [-0.2, -0.15) is 13.2 Å². The van der Waals surface area contributed by atoms with Crippen molar-refractivity contribution >= 4 is 11.4 Å². The Morgan fingerprint density at radius 1 is 1.07 bits per heavy atom. The average molecular weight is 399 g/mol. The zero-order chi connectivity index (χ0) is 21.2. The van der Waals surface area contributed by atoms with Crippen molar-refractivity contribution in [3.05, 3.63) is 104 Å². The summed E-state index contributed by atoms with van der Waals surface area (Å²) in [6.45, 7) is 6.92. The van der Waals surface area contributed by atoms with Crippen LogP contribution >= 0.6 is 0 Å². The van der Waals surface area contributed by atoms with Crippen LogP contribution in [0.1, 0.15) is 11.1 Å². The fraction of sp³-hybridized carbons (Fsp3) is 0.100. The molecule has 3 aromatic rings. The number of hydrogen-bond acceptors (Lipinski definition) is 3. The van der Waals surface area contributed by atoms with Gasteiger partial charge in [0.1, 0.15) is 0 Å². The highest BCUT2D eigenvalue weighted by atomic mass is 19.4. The van der Waals surface area contributed by atoms with Crippen molar-refractivity contribution in [2.24, 2.45) is 0 Å². The standard InChI is InChI=1S/C20H12F3N3O3/c1-24-18-16(20(21,22)23)11-17(14-5-3-2-4-6-14)25(19(18)27)12-13-7-9-15(10-8-13)26(28)29/h2-11H,12H2. The van der Waals surface area contributed by atoms with Gasteiger partial charge in [0.2, 0.25) is 0 Å². The lowest BCUT2D eigenvalue weighted by atomic mass is 10.1. The Kier molecular flexibility index (Phi) is 5.19. The molecule has 0 aliphatic heterocycles. The minimum Gasteiger partial charge on any atom is -0.313 e. The Bertz CT molecular complexity index is 1160. The number of nitro groups is 1. The zero-order valence-electron chi connectivity index (χ0n) is 14.7. The number of nitrogens with zero attached hydrogens (tertiary/aromatic N) is 3. The van der Waals surface area contributed by atoms with E-state index in [0.29, 0.717) is 11.1 Å². The van der Waals surface area contributed by atoms with E-state index in [4.69, 9.17) is 6.57 Å². The summed E-state index contributed by atoms with van der Waals surface area (Å²) in [5, 5.41) is 10.8. The van der Waals surface area contributed by atoms with Gasteiger partial charge in [0.15, 0.2) is 0 Å². The Morgan fingerprint density at radius 2 is 1.69 bits per heavy atom. The van der Waals surface area contributed by atoms with Crippen molar-refractivity contribution in [1.29, 1.82) is 0 Å². The summed E-state index contributed by atoms with van der Waals surface area (Å²) >= 11 is 0. The molecular formula is C20H12F3N3O3. The fourth-order valence-electron chi connectivity index (χ4n) is 2.87. The topological polar surface area (TPSA) is 69.5 Å². The van der Waals surface area contributed by atoms with Gasteiger partial charge in [-0.15, -0.1) is 0 Å². The molecule has 1 aromatic heterocycles. The summed E-state index contributed by atoms with van der Waals surface area (Å²) in [6.07, 6.45) is -4.87. The third kappa shape index (κ3) is 4.01. The molecular weight excluding hydrogens is 387 g/mol. The summed E-state index contributed by atoms with van der Waals surface area (Å²) in [4.78, 5) is 25.8. The summed E-state index contributed by atoms with van der Waals surface area (Å²) in [7, 11) is 0. The van der Waals surface area contributed by atoms with Crippen LogP contribution < -0.4 is 5.56 Å². The lowest BCUT2D eigenvalue weighted by Crippen LogP contribution is -2.25. The van der Waals surface area contributed by atoms with Crippen molar-refractivity contribution < 1.29 is 18.1 Å². The monoisotopic (exact) mass is 399 g/mol. The van der Waals surface area contributed by atoms with Gasteiger partial charge in [0.05, 0.1) is 17.1 Å². The van der Waals surface area contributed by atoms with E-state index >= 15 is 0 Å². The van der Waals surface area contributed by atoms with Crippen LogP contribution in [0.15, 0.2) is 65.5 Å². The van der Waals surface area contributed by atoms with E-state index in [0.717, 1.165) is 10.6 Å². The molecule has 0 spiro atoms. The Morgan fingerprint density at radius 3 is 2.21 bits per heavy atom. The third-order valence-corrected chi connectivity index (χ3v) is 4.25. The number of halogens is 3. The molecule has 6 nitrogen and oxygen atoms in total. The number of aromatic nitrogens is 1. The molecule has 0 saturated carbocycles. The zero-order valence-corrected chi connectivity index (χ0v) is 14.7. The first kappa shape index (κ1) is 19.8. The molecule has 0 atom stereocenters. The van der Waals surface area contributed by atoms with E-state index in [1.165, 1.54) is 24.3 Å². The van der Waals surface area contributed by atoms with E-state index in [1.54, 1.807) is 30.3 Å². The number of non-ortho nitro benzene ring substituents is 1. The van der Waals surface area contributed by atoms with Gasteiger partial charge in [0, 0.05) is 24.4 Å².